The van der Waals surface area contributed by atoms with Crippen molar-refractivity contribution in [1.82, 2.24) is 19.4 Å². The van der Waals surface area contributed by atoms with Gasteiger partial charge in [-0.2, -0.15) is 0 Å². The van der Waals surface area contributed by atoms with Crippen LogP contribution in [0.2, 0.25) is 0 Å². The van der Waals surface area contributed by atoms with E-state index >= 15 is 0 Å². The Hall–Kier alpha value is -3.66. The lowest BCUT2D eigenvalue weighted by Gasteiger charge is -2.32. The number of benzene rings is 2. The average molecular weight is 517 g/mol. The molecule has 0 spiro atoms. The zero-order valence-corrected chi connectivity index (χ0v) is 21.9. The van der Waals surface area contributed by atoms with Gasteiger partial charge >= 0.3 is 0 Å². The number of fused-ring (bicyclic) bond motifs is 1. The number of aromatic nitrogens is 3. The number of hydrogen-bond donors (Lipinski definition) is 3. The lowest BCUT2D eigenvalue weighted by molar-refractivity contribution is 0.0391. The standard InChI is InChI=1S/C29H36N6O3/c1-21-6-9-28(37)25(31-21)20-35-27-18-22(7-8-24(27)32-29(35)30)19-34(12-11-33-13-16-38-17-14-33)26-5-3-2-4-23(26)10-15-36/h2-9,18,36-37H,10-17,19-20H2,1H3,(H2,30,32). The smallest absolute Gasteiger partial charge is 0.201 e. The van der Waals surface area contributed by atoms with Gasteiger partial charge in [-0.15, -0.1) is 0 Å². The molecule has 0 aliphatic carbocycles. The number of imidazole rings is 1. The Bertz CT molecular complexity index is 1380. The van der Waals surface area contributed by atoms with E-state index in [4.69, 9.17) is 10.5 Å². The third-order valence-corrected chi connectivity index (χ3v) is 7.12. The monoisotopic (exact) mass is 516 g/mol. The zero-order chi connectivity index (χ0) is 26.5. The van der Waals surface area contributed by atoms with Gasteiger partial charge in [-0.3, -0.25) is 9.88 Å². The maximum atomic E-state index is 10.4. The first-order chi connectivity index (χ1) is 18.5. The van der Waals surface area contributed by atoms with E-state index in [1.807, 2.05) is 23.6 Å². The largest absolute Gasteiger partial charge is 0.506 e. The molecule has 0 radical (unpaired) electrons. The molecule has 9 heteroatoms. The van der Waals surface area contributed by atoms with Gasteiger partial charge in [-0.1, -0.05) is 24.3 Å². The Balaban J connectivity index is 1.45. The lowest BCUT2D eigenvalue weighted by atomic mass is 10.1. The molecule has 0 amide bonds. The molecule has 2 aromatic heterocycles. The molecular weight excluding hydrogens is 480 g/mol. The van der Waals surface area contributed by atoms with Gasteiger partial charge in [-0.05, 0) is 54.8 Å². The first-order valence-corrected chi connectivity index (χ1v) is 13.2. The van der Waals surface area contributed by atoms with Crippen molar-refractivity contribution in [2.24, 2.45) is 0 Å². The Morgan fingerprint density at radius 2 is 1.87 bits per heavy atom. The van der Waals surface area contributed by atoms with Crippen molar-refractivity contribution in [1.29, 1.82) is 0 Å². The summed E-state index contributed by atoms with van der Waals surface area (Å²) in [6.07, 6.45) is 0.611. The summed E-state index contributed by atoms with van der Waals surface area (Å²) in [5, 5.41) is 20.0. The first-order valence-electron chi connectivity index (χ1n) is 13.2. The predicted molar refractivity (Wildman–Crippen MR) is 149 cm³/mol. The van der Waals surface area contributed by atoms with Gasteiger partial charge in [0.05, 0.1) is 30.8 Å². The maximum Gasteiger partial charge on any atom is 0.201 e. The molecule has 4 aromatic rings. The molecular formula is C29H36N6O3. The number of aliphatic hydroxyl groups excluding tert-OH is 1. The zero-order valence-electron chi connectivity index (χ0n) is 21.9. The van der Waals surface area contributed by atoms with E-state index in [1.165, 1.54) is 0 Å². The molecule has 9 nitrogen and oxygen atoms in total. The van der Waals surface area contributed by atoms with E-state index in [1.54, 1.807) is 12.1 Å². The van der Waals surface area contributed by atoms with Crippen LogP contribution < -0.4 is 10.6 Å². The quantitative estimate of drug-likeness (QED) is 0.295. The van der Waals surface area contributed by atoms with Crippen molar-refractivity contribution in [2.75, 3.05) is 56.6 Å². The van der Waals surface area contributed by atoms with Crippen molar-refractivity contribution in [3.8, 4) is 5.75 Å². The number of pyridine rings is 1. The highest BCUT2D eigenvalue weighted by atomic mass is 16.5. The molecule has 0 saturated carbocycles. The number of hydrogen-bond acceptors (Lipinski definition) is 8. The van der Waals surface area contributed by atoms with E-state index in [0.29, 0.717) is 31.2 Å². The fraction of sp³-hybridized carbons (Fsp3) is 0.379. The molecule has 1 saturated heterocycles. The summed E-state index contributed by atoms with van der Waals surface area (Å²) in [6, 6.07) is 18.0. The second kappa shape index (κ2) is 11.8. The number of ether oxygens (including phenoxy) is 1. The number of anilines is 2. The van der Waals surface area contributed by atoms with Crippen LogP contribution in [-0.4, -0.2) is 75.6 Å². The van der Waals surface area contributed by atoms with Crippen LogP contribution in [0.25, 0.3) is 11.0 Å². The number of aromatic hydroxyl groups is 1. The molecule has 38 heavy (non-hydrogen) atoms. The predicted octanol–water partition coefficient (Wildman–Crippen LogP) is 2.95. The summed E-state index contributed by atoms with van der Waals surface area (Å²) in [5.74, 6) is 0.528. The highest BCUT2D eigenvalue weighted by Gasteiger charge is 2.17. The van der Waals surface area contributed by atoms with Crippen molar-refractivity contribution in [2.45, 2.75) is 26.4 Å². The molecule has 200 valence electrons. The minimum Gasteiger partial charge on any atom is -0.506 e. The van der Waals surface area contributed by atoms with Gasteiger partial charge in [0, 0.05) is 50.7 Å². The molecule has 1 aliphatic rings. The van der Waals surface area contributed by atoms with Crippen LogP contribution in [0.5, 0.6) is 5.75 Å². The summed E-state index contributed by atoms with van der Waals surface area (Å²) in [7, 11) is 0. The van der Waals surface area contributed by atoms with Crippen molar-refractivity contribution in [3.63, 3.8) is 0 Å². The number of nitrogen functional groups attached to an aromatic ring is 1. The average Bonchev–Trinajstić information content (AvgIpc) is 3.24. The molecule has 0 bridgehead atoms. The van der Waals surface area contributed by atoms with Crippen LogP contribution in [0, 0.1) is 6.92 Å². The number of rotatable bonds is 10. The van der Waals surface area contributed by atoms with Crippen LogP contribution >= 0.6 is 0 Å². The van der Waals surface area contributed by atoms with Crippen molar-refractivity contribution in [3.05, 3.63) is 77.1 Å². The number of aliphatic hydroxyl groups is 1. The SMILES string of the molecule is Cc1ccc(O)c(Cn2c(N)nc3ccc(CN(CCN4CCOCC4)c4ccccc4CCO)cc32)n1. The Labute approximate surface area is 223 Å². The van der Waals surface area contributed by atoms with Gasteiger partial charge in [0.1, 0.15) is 11.4 Å². The summed E-state index contributed by atoms with van der Waals surface area (Å²) in [6.45, 7) is 8.25. The third-order valence-electron chi connectivity index (χ3n) is 7.12. The van der Waals surface area contributed by atoms with Crippen LogP contribution in [-0.2, 0) is 24.2 Å². The molecule has 0 atom stereocenters. The van der Waals surface area contributed by atoms with E-state index in [0.717, 1.165) is 72.9 Å². The van der Waals surface area contributed by atoms with E-state index in [2.05, 4.69) is 50.1 Å². The topological polar surface area (TPSA) is 113 Å². The van der Waals surface area contributed by atoms with Crippen LogP contribution in [0.4, 0.5) is 11.6 Å². The van der Waals surface area contributed by atoms with E-state index < -0.39 is 0 Å². The maximum absolute atomic E-state index is 10.4. The Morgan fingerprint density at radius 3 is 2.68 bits per heavy atom. The van der Waals surface area contributed by atoms with Crippen LogP contribution in [0.15, 0.2) is 54.6 Å². The van der Waals surface area contributed by atoms with E-state index in [9.17, 15) is 10.2 Å². The van der Waals surface area contributed by atoms with E-state index in [-0.39, 0.29) is 12.4 Å². The second-order valence-corrected chi connectivity index (χ2v) is 9.78. The molecule has 4 N–H and O–H groups in total. The molecule has 1 fully saturated rings. The van der Waals surface area contributed by atoms with Crippen LogP contribution in [0.1, 0.15) is 22.5 Å². The minimum absolute atomic E-state index is 0.110. The molecule has 3 heterocycles. The fourth-order valence-electron chi connectivity index (χ4n) is 5.06. The molecule has 0 unspecified atom stereocenters. The number of nitrogens with two attached hydrogens (primary N) is 1. The second-order valence-electron chi connectivity index (χ2n) is 9.78. The highest BCUT2D eigenvalue weighted by Crippen LogP contribution is 2.27. The van der Waals surface area contributed by atoms with Gasteiger partial charge in [-0.25, -0.2) is 4.98 Å². The molecule has 5 rings (SSSR count). The number of morpholine rings is 1. The fourth-order valence-corrected chi connectivity index (χ4v) is 5.06. The summed E-state index contributed by atoms with van der Waals surface area (Å²) < 4.78 is 7.43. The van der Waals surface area contributed by atoms with Gasteiger partial charge in [0.15, 0.2) is 0 Å². The number of nitrogens with zero attached hydrogens (tertiary/aromatic N) is 5. The molecule has 2 aromatic carbocycles. The summed E-state index contributed by atoms with van der Waals surface area (Å²) in [5.41, 5.74) is 12.8. The van der Waals surface area contributed by atoms with Crippen LogP contribution in [0.3, 0.4) is 0 Å². The van der Waals surface area contributed by atoms with Gasteiger partial charge in [0.25, 0.3) is 0 Å². The number of para-hydroxylation sites is 1. The first kappa shape index (κ1) is 26.0. The number of aryl methyl sites for hydroxylation is 1. The van der Waals surface area contributed by atoms with Gasteiger partial charge in [0.2, 0.25) is 5.95 Å². The molecule has 1 aliphatic heterocycles. The normalized spacial score (nSPS) is 14.3. The van der Waals surface area contributed by atoms with Crippen molar-refractivity contribution < 1.29 is 14.9 Å². The van der Waals surface area contributed by atoms with Gasteiger partial charge < -0.3 is 30.2 Å². The Kier molecular flexibility index (Phi) is 8.07. The Morgan fingerprint density at radius 1 is 1.05 bits per heavy atom. The lowest BCUT2D eigenvalue weighted by Crippen LogP contribution is -2.41. The summed E-state index contributed by atoms with van der Waals surface area (Å²) >= 11 is 0. The minimum atomic E-state index is 0.110. The summed E-state index contributed by atoms with van der Waals surface area (Å²) in [4.78, 5) is 13.9. The highest BCUT2D eigenvalue weighted by molar-refractivity contribution is 5.79. The third kappa shape index (κ3) is 5.91. The van der Waals surface area contributed by atoms with Crippen molar-refractivity contribution >= 4 is 22.7 Å².